The van der Waals surface area contributed by atoms with Crippen LogP contribution in [0.2, 0.25) is 0 Å². The minimum Gasteiger partial charge on any atom is -0.353 e. The van der Waals surface area contributed by atoms with Gasteiger partial charge in [0.15, 0.2) is 10.8 Å². The van der Waals surface area contributed by atoms with Crippen LogP contribution in [0.1, 0.15) is 45.1 Å². The van der Waals surface area contributed by atoms with Crippen molar-refractivity contribution in [2.24, 2.45) is 5.92 Å². The highest BCUT2D eigenvalue weighted by Gasteiger charge is 2.31. The van der Waals surface area contributed by atoms with Crippen LogP contribution in [-0.2, 0) is 4.79 Å². The van der Waals surface area contributed by atoms with Gasteiger partial charge in [0, 0.05) is 18.2 Å². The molecule has 3 aromatic rings. The van der Waals surface area contributed by atoms with Crippen LogP contribution in [0.15, 0.2) is 40.4 Å². The molecule has 0 radical (unpaired) electrons. The number of fused-ring (bicyclic) bond motifs is 2. The van der Waals surface area contributed by atoms with E-state index in [0.717, 1.165) is 19.3 Å². The number of nitrogens with zero attached hydrogens (tertiary/aromatic N) is 4. The van der Waals surface area contributed by atoms with E-state index in [0.29, 0.717) is 33.5 Å². The number of carbonyl (C=O) groups is 1. The van der Waals surface area contributed by atoms with Gasteiger partial charge in [-0.3, -0.25) is 14.2 Å². The molecule has 162 valence electrons. The maximum absolute atomic E-state index is 13.3. The number of nitrogens with one attached hydrogen (secondary N) is 1. The fraction of sp³-hybridized carbons (Fsp3) is 0.455. The Morgan fingerprint density at radius 1 is 1.26 bits per heavy atom. The highest BCUT2D eigenvalue weighted by atomic mass is 32.2. The Morgan fingerprint density at radius 3 is 2.81 bits per heavy atom. The third-order valence-corrected chi connectivity index (χ3v) is 7.42. The summed E-state index contributed by atoms with van der Waals surface area (Å²) in [6, 6.07) is 5.89. The number of halogens is 1. The summed E-state index contributed by atoms with van der Waals surface area (Å²) in [4.78, 5) is 30.6. The number of carbonyl (C=O) groups excluding carboxylic acids is 1. The largest absolute Gasteiger partial charge is 0.353 e. The van der Waals surface area contributed by atoms with Gasteiger partial charge in [0.05, 0.1) is 17.9 Å². The monoisotopic (exact) mass is 441 g/mol. The zero-order chi connectivity index (χ0) is 21.5. The molecule has 1 N–H and O–H groups in total. The molecule has 0 saturated heterocycles. The molecule has 3 unspecified atom stereocenters. The molecular weight excluding hydrogens is 417 g/mol. The van der Waals surface area contributed by atoms with Crippen LogP contribution in [0.4, 0.5) is 4.39 Å². The minimum atomic E-state index is -0.339. The fourth-order valence-corrected chi connectivity index (χ4v) is 5.69. The first-order chi connectivity index (χ1) is 15.0. The summed E-state index contributed by atoms with van der Waals surface area (Å²) < 4.78 is 16.4. The standard InChI is InChI=1S/C22H24FN5O2S/c1-13-4-2-3-5-18(13)25-19(29)10-16-12-31-22-26-20-17(21(30)27(16)22)11-24-28(20)15-8-6-14(23)7-9-15/h6-9,11,13,16,18H,2-5,10,12H2,1H3,(H,25,29). The molecular formula is C22H24FN5O2S. The quantitative estimate of drug-likeness (QED) is 0.627. The summed E-state index contributed by atoms with van der Waals surface area (Å²) in [6.07, 6.45) is 6.30. The van der Waals surface area contributed by atoms with Crippen molar-refractivity contribution in [3.05, 3.63) is 46.6 Å². The van der Waals surface area contributed by atoms with Gasteiger partial charge in [0.1, 0.15) is 11.2 Å². The third kappa shape index (κ3) is 3.75. The zero-order valence-electron chi connectivity index (χ0n) is 17.3. The third-order valence-electron chi connectivity index (χ3n) is 6.32. The summed E-state index contributed by atoms with van der Waals surface area (Å²) in [5, 5.41) is 8.46. The second-order valence-corrected chi connectivity index (χ2v) is 9.43. The molecule has 2 aromatic heterocycles. The van der Waals surface area contributed by atoms with Crippen molar-refractivity contribution in [1.29, 1.82) is 0 Å². The molecule has 1 aliphatic carbocycles. The Kier molecular flexibility index (Phi) is 5.29. The molecule has 7 nitrogen and oxygen atoms in total. The fourth-order valence-electron chi connectivity index (χ4n) is 4.56. The lowest BCUT2D eigenvalue weighted by Gasteiger charge is -2.29. The topological polar surface area (TPSA) is 81.8 Å². The molecule has 0 spiro atoms. The van der Waals surface area contributed by atoms with Gasteiger partial charge in [0.2, 0.25) is 5.91 Å². The Bertz CT molecular complexity index is 1190. The van der Waals surface area contributed by atoms with Gasteiger partial charge in [-0.2, -0.15) is 5.10 Å². The van der Waals surface area contributed by atoms with E-state index in [4.69, 9.17) is 0 Å². The number of benzene rings is 1. The Labute approximate surface area is 183 Å². The number of aromatic nitrogens is 4. The molecule has 0 bridgehead atoms. The lowest BCUT2D eigenvalue weighted by Crippen LogP contribution is -2.42. The van der Waals surface area contributed by atoms with Crippen molar-refractivity contribution in [2.75, 3.05) is 5.75 Å². The SMILES string of the molecule is CC1CCCCC1NC(=O)CC1CSc2nc3c(cnn3-c3ccc(F)cc3)c(=O)n21. The van der Waals surface area contributed by atoms with Crippen LogP contribution in [-0.4, -0.2) is 37.0 Å². The van der Waals surface area contributed by atoms with Crippen molar-refractivity contribution in [3.63, 3.8) is 0 Å². The number of hydrogen-bond donors (Lipinski definition) is 1. The number of amides is 1. The van der Waals surface area contributed by atoms with E-state index < -0.39 is 0 Å². The maximum atomic E-state index is 13.3. The first kappa shape index (κ1) is 20.2. The number of rotatable bonds is 4. The Morgan fingerprint density at radius 2 is 2.03 bits per heavy atom. The minimum absolute atomic E-state index is 0.00814. The molecule has 1 aliphatic heterocycles. The Hall–Kier alpha value is -2.68. The maximum Gasteiger partial charge on any atom is 0.265 e. The smallest absolute Gasteiger partial charge is 0.265 e. The van der Waals surface area contributed by atoms with Crippen LogP contribution in [0.5, 0.6) is 0 Å². The molecule has 2 aliphatic rings. The van der Waals surface area contributed by atoms with Gasteiger partial charge in [-0.15, -0.1) is 0 Å². The zero-order valence-corrected chi connectivity index (χ0v) is 18.1. The first-order valence-corrected chi connectivity index (χ1v) is 11.7. The van der Waals surface area contributed by atoms with E-state index in [9.17, 15) is 14.0 Å². The van der Waals surface area contributed by atoms with E-state index in [2.05, 4.69) is 22.3 Å². The second-order valence-electron chi connectivity index (χ2n) is 8.44. The van der Waals surface area contributed by atoms with Gasteiger partial charge < -0.3 is 5.32 Å². The van der Waals surface area contributed by atoms with Crippen LogP contribution in [0, 0.1) is 11.7 Å². The van der Waals surface area contributed by atoms with Crippen molar-refractivity contribution >= 4 is 28.7 Å². The predicted octanol–water partition coefficient (Wildman–Crippen LogP) is 3.45. The van der Waals surface area contributed by atoms with E-state index in [1.807, 2.05) is 0 Å². The van der Waals surface area contributed by atoms with Crippen LogP contribution >= 0.6 is 11.8 Å². The molecule has 5 rings (SSSR count). The average molecular weight is 442 g/mol. The normalized spacial score (nSPS) is 23.1. The molecule has 9 heteroatoms. The highest BCUT2D eigenvalue weighted by Crippen LogP contribution is 2.33. The van der Waals surface area contributed by atoms with E-state index >= 15 is 0 Å². The summed E-state index contributed by atoms with van der Waals surface area (Å²) in [6.45, 7) is 2.19. The van der Waals surface area contributed by atoms with Crippen LogP contribution in [0.25, 0.3) is 16.7 Å². The highest BCUT2D eigenvalue weighted by molar-refractivity contribution is 7.99. The van der Waals surface area contributed by atoms with Crippen molar-refractivity contribution in [2.45, 2.75) is 56.3 Å². The molecule has 3 heterocycles. The molecule has 1 saturated carbocycles. The van der Waals surface area contributed by atoms with E-state index in [1.54, 1.807) is 21.4 Å². The lowest BCUT2D eigenvalue weighted by atomic mass is 9.86. The van der Waals surface area contributed by atoms with E-state index in [-0.39, 0.29) is 35.8 Å². The molecule has 1 fully saturated rings. The first-order valence-electron chi connectivity index (χ1n) is 10.7. The lowest BCUT2D eigenvalue weighted by molar-refractivity contribution is -0.123. The number of hydrogen-bond acceptors (Lipinski definition) is 5. The molecule has 31 heavy (non-hydrogen) atoms. The second kappa shape index (κ2) is 8.11. The summed E-state index contributed by atoms with van der Waals surface area (Å²) >= 11 is 1.47. The number of thioether (sulfide) groups is 1. The Balaban J connectivity index is 1.41. The van der Waals surface area contributed by atoms with Crippen molar-refractivity contribution in [1.82, 2.24) is 24.6 Å². The van der Waals surface area contributed by atoms with Crippen molar-refractivity contribution < 1.29 is 9.18 Å². The van der Waals surface area contributed by atoms with Crippen LogP contribution in [0.3, 0.4) is 0 Å². The van der Waals surface area contributed by atoms with Gasteiger partial charge in [-0.05, 0) is 43.0 Å². The van der Waals surface area contributed by atoms with E-state index in [1.165, 1.54) is 36.5 Å². The summed E-state index contributed by atoms with van der Waals surface area (Å²) in [5.41, 5.74) is 0.882. The van der Waals surface area contributed by atoms with Gasteiger partial charge >= 0.3 is 0 Å². The van der Waals surface area contributed by atoms with Gasteiger partial charge in [0.25, 0.3) is 5.56 Å². The molecule has 1 amide bonds. The molecule has 3 atom stereocenters. The van der Waals surface area contributed by atoms with Crippen molar-refractivity contribution in [3.8, 4) is 5.69 Å². The van der Waals surface area contributed by atoms with Gasteiger partial charge in [-0.1, -0.05) is 31.5 Å². The van der Waals surface area contributed by atoms with Gasteiger partial charge in [-0.25, -0.2) is 14.1 Å². The molecule has 1 aromatic carbocycles. The van der Waals surface area contributed by atoms with Crippen LogP contribution < -0.4 is 10.9 Å². The predicted molar refractivity (Wildman–Crippen MR) is 117 cm³/mol. The summed E-state index contributed by atoms with van der Waals surface area (Å²) in [7, 11) is 0. The average Bonchev–Trinajstić information content (AvgIpc) is 3.35. The summed E-state index contributed by atoms with van der Waals surface area (Å²) in [5.74, 6) is 0.774.